The molecule has 2 atom stereocenters. The summed E-state index contributed by atoms with van der Waals surface area (Å²) in [5, 5.41) is 1.68. The predicted octanol–water partition coefficient (Wildman–Crippen LogP) is 5.49. The lowest BCUT2D eigenvalue weighted by Gasteiger charge is -2.24. The summed E-state index contributed by atoms with van der Waals surface area (Å²) in [5.41, 5.74) is 4.88. The summed E-state index contributed by atoms with van der Waals surface area (Å²) in [6, 6.07) is 14.3. The molecule has 0 amide bonds. The van der Waals surface area contributed by atoms with Crippen LogP contribution in [0.4, 0.5) is 0 Å². The van der Waals surface area contributed by atoms with Gasteiger partial charge in [0.25, 0.3) is 0 Å². The van der Waals surface area contributed by atoms with E-state index >= 15 is 0 Å². The Labute approximate surface area is 158 Å². The van der Waals surface area contributed by atoms with Crippen LogP contribution in [0.3, 0.4) is 0 Å². The molecule has 134 valence electrons. The molecule has 1 aromatic heterocycles. The Hall–Kier alpha value is -2.26. The van der Waals surface area contributed by atoms with E-state index in [2.05, 4.69) is 36.2 Å². The van der Waals surface area contributed by atoms with Crippen LogP contribution in [0, 0.1) is 6.92 Å². The average Bonchev–Trinajstić information content (AvgIpc) is 3.12. The minimum absolute atomic E-state index is 0.131. The number of hydrogen-bond donors (Lipinski definition) is 1. The van der Waals surface area contributed by atoms with Crippen LogP contribution in [0.25, 0.3) is 10.9 Å². The number of nitrogens with one attached hydrogen (secondary N) is 1. The van der Waals surface area contributed by atoms with Crippen molar-refractivity contribution in [3.63, 3.8) is 0 Å². The first-order chi connectivity index (χ1) is 12.4. The number of H-pyrrole nitrogens is 1. The Kier molecular flexibility index (Phi) is 4.07. The zero-order chi connectivity index (χ0) is 18.5. The molecule has 0 saturated heterocycles. The third-order valence-corrected chi connectivity index (χ3v) is 5.74. The van der Waals surface area contributed by atoms with Crippen LogP contribution in [0.5, 0.6) is 0 Å². The molecule has 4 rings (SSSR count). The third kappa shape index (κ3) is 2.53. The van der Waals surface area contributed by atoms with Crippen molar-refractivity contribution < 1.29 is 9.53 Å². The van der Waals surface area contributed by atoms with Gasteiger partial charge in [0.1, 0.15) is 0 Å². The van der Waals surface area contributed by atoms with Gasteiger partial charge >= 0.3 is 5.97 Å². The van der Waals surface area contributed by atoms with Gasteiger partial charge in [0, 0.05) is 27.5 Å². The molecule has 1 aliphatic carbocycles. The lowest BCUT2D eigenvalue weighted by molar-refractivity contribution is -0.149. The number of halogens is 1. The molecule has 3 aromatic rings. The van der Waals surface area contributed by atoms with Crippen molar-refractivity contribution in [2.75, 3.05) is 6.61 Å². The first-order valence-electron chi connectivity index (χ1n) is 8.99. The molecule has 0 bridgehead atoms. The molecular weight excluding hydrogens is 346 g/mol. The second-order valence-electron chi connectivity index (χ2n) is 7.32. The van der Waals surface area contributed by atoms with E-state index in [1.165, 1.54) is 11.1 Å². The summed E-state index contributed by atoms with van der Waals surface area (Å²) < 4.78 is 5.45. The van der Waals surface area contributed by atoms with Gasteiger partial charge in [0.15, 0.2) is 0 Å². The molecule has 0 fully saturated rings. The fourth-order valence-electron chi connectivity index (χ4n) is 4.21. The highest BCUT2D eigenvalue weighted by molar-refractivity contribution is 6.31. The second kappa shape index (κ2) is 6.17. The normalized spacial score (nSPS) is 21.8. The number of ether oxygens (including phenoxy) is 1. The molecule has 26 heavy (non-hydrogen) atoms. The van der Waals surface area contributed by atoms with Crippen molar-refractivity contribution in [1.82, 2.24) is 4.98 Å². The zero-order valence-electron chi connectivity index (χ0n) is 15.2. The first kappa shape index (κ1) is 17.2. The maximum Gasteiger partial charge on any atom is 0.316 e. The molecule has 4 heteroatoms. The topological polar surface area (TPSA) is 42.1 Å². The van der Waals surface area contributed by atoms with E-state index in [4.69, 9.17) is 16.3 Å². The smallest absolute Gasteiger partial charge is 0.316 e. The largest absolute Gasteiger partial charge is 0.465 e. The van der Waals surface area contributed by atoms with Gasteiger partial charge in [0.05, 0.1) is 12.0 Å². The molecule has 1 aliphatic rings. The van der Waals surface area contributed by atoms with Crippen LogP contribution >= 0.6 is 11.6 Å². The van der Waals surface area contributed by atoms with E-state index in [1.54, 1.807) is 0 Å². The van der Waals surface area contributed by atoms with Crippen LogP contribution in [0.2, 0.25) is 5.02 Å². The maximum atomic E-state index is 12.9. The summed E-state index contributed by atoms with van der Waals surface area (Å²) in [7, 11) is 0. The molecule has 2 aromatic carbocycles. The number of carbonyl (C=O) groups excluding carboxylic acids is 1. The molecular formula is C22H22ClNO2. The van der Waals surface area contributed by atoms with Gasteiger partial charge in [-0.2, -0.15) is 0 Å². The van der Waals surface area contributed by atoms with Crippen LogP contribution in [0.1, 0.15) is 48.6 Å². The zero-order valence-corrected chi connectivity index (χ0v) is 16.0. The number of carbonyl (C=O) groups is 1. The van der Waals surface area contributed by atoms with E-state index in [9.17, 15) is 4.79 Å². The SMILES string of the molecule is CCOC(=O)[C@]1(C)C[C@H](c2ccc(C)cc2)c2[nH]c3ccc(Cl)cc3c21. The minimum Gasteiger partial charge on any atom is -0.465 e. The number of esters is 1. The van der Waals surface area contributed by atoms with Crippen LogP contribution in [-0.2, 0) is 14.9 Å². The molecule has 0 spiro atoms. The number of aromatic nitrogens is 1. The van der Waals surface area contributed by atoms with Crippen LogP contribution in [-0.4, -0.2) is 17.6 Å². The molecule has 0 radical (unpaired) electrons. The van der Waals surface area contributed by atoms with E-state index < -0.39 is 5.41 Å². The number of benzene rings is 2. The number of aromatic amines is 1. The summed E-state index contributed by atoms with van der Waals surface area (Å²) in [6.45, 7) is 6.30. The van der Waals surface area contributed by atoms with Gasteiger partial charge in [-0.1, -0.05) is 41.4 Å². The summed E-state index contributed by atoms with van der Waals surface area (Å²) in [4.78, 5) is 16.5. The Morgan fingerprint density at radius 3 is 2.69 bits per heavy atom. The molecule has 1 N–H and O–H groups in total. The van der Waals surface area contributed by atoms with Crippen molar-refractivity contribution in [2.24, 2.45) is 0 Å². The van der Waals surface area contributed by atoms with Crippen molar-refractivity contribution in [3.05, 3.63) is 69.9 Å². The van der Waals surface area contributed by atoms with Gasteiger partial charge in [-0.3, -0.25) is 4.79 Å². The number of fused-ring (bicyclic) bond motifs is 3. The third-order valence-electron chi connectivity index (χ3n) is 5.51. The number of rotatable bonds is 3. The molecule has 0 saturated carbocycles. The van der Waals surface area contributed by atoms with E-state index in [0.717, 1.165) is 22.2 Å². The summed E-state index contributed by atoms with van der Waals surface area (Å²) in [6.07, 6.45) is 0.693. The standard InChI is InChI=1S/C22H22ClNO2/c1-4-26-21(25)22(3)12-17(14-7-5-13(2)6-8-14)20-19(22)16-11-15(23)9-10-18(16)24-20/h5-11,17,24H,4,12H2,1-3H3/t17-,22-/m1/s1. The fourth-order valence-corrected chi connectivity index (χ4v) is 4.38. The summed E-state index contributed by atoms with van der Waals surface area (Å²) in [5.74, 6) is -0.0390. The van der Waals surface area contributed by atoms with Gasteiger partial charge in [-0.25, -0.2) is 0 Å². The minimum atomic E-state index is -0.691. The Balaban J connectivity index is 1.94. The van der Waals surface area contributed by atoms with E-state index in [0.29, 0.717) is 18.1 Å². The predicted molar refractivity (Wildman–Crippen MR) is 105 cm³/mol. The monoisotopic (exact) mass is 367 g/mol. The van der Waals surface area contributed by atoms with Gasteiger partial charge in [-0.15, -0.1) is 0 Å². The summed E-state index contributed by atoms with van der Waals surface area (Å²) >= 11 is 6.25. The second-order valence-corrected chi connectivity index (χ2v) is 7.76. The highest BCUT2D eigenvalue weighted by Crippen LogP contribution is 2.52. The Morgan fingerprint density at radius 1 is 1.27 bits per heavy atom. The quantitative estimate of drug-likeness (QED) is 0.622. The van der Waals surface area contributed by atoms with Crippen LogP contribution < -0.4 is 0 Å². The fraction of sp³-hybridized carbons (Fsp3) is 0.318. The van der Waals surface area contributed by atoms with Crippen LogP contribution in [0.15, 0.2) is 42.5 Å². The van der Waals surface area contributed by atoms with Crippen molar-refractivity contribution in [2.45, 2.75) is 38.5 Å². The molecule has 0 unspecified atom stereocenters. The molecule has 0 aliphatic heterocycles. The van der Waals surface area contributed by atoms with E-state index in [1.807, 2.05) is 32.0 Å². The number of hydrogen-bond acceptors (Lipinski definition) is 2. The van der Waals surface area contributed by atoms with Crippen molar-refractivity contribution in [3.8, 4) is 0 Å². The number of aryl methyl sites for hydroxylation is 1. The Morgan fingerprint density at radius 2 is 2.00 bits per heavy atom. The van der Waals surface area contributed by atoms with Gasteiger partial charge in [0.2, 0.25) is 0 Å². The van der Waals surface area contributed by atoms with Gasteiger partial charge in [-0.05, 0) is 56.5 Å². The first-order valence-corrected chi connectivity index (χ1v) is 9.37. The van der Waals surface area contributed by atoms with Crippen molar-refractivity contribution in [1.29, 1.82) is 0 Å². The maximum absolute atomic E-state index is 12.9. The highest BCUT2D eigenvalue weighted by atomic mass is 35.5. The Bertz CT molecular complexity index is 989. The molecule has 1 heterocycles. The average molecular weight is 368 g/mol. The highest BCUT2D eigenvalue weighted by Gasteiger charge is 2.49. The van der Waals surface area contributed by atoms with E-state index in [-0.39, 0.29) is 11.9 Å². The lowest BCUT2D eigenvalue weighted by Crippen LogP contribution is -2.32. The van der Waals surface area contributed by atoms with Crippen molar-refractivity contribution >= 4 is 28.5 Å². The lowest BCUT2D eigenvalue weighted by atomic mass is 9.81. The van der Waals surface area contributed by atoms with Gasteiger partial charge < -0.3 is 9.72 Å². The molecule has 3 nitrogen and oxygen atoms in total.